The molecule has 0 atom stereocenters. The zero-order valence-corrected chi connectivity index (χ0v) is 10.2. The molecule has 2 heterocycles. The van der Waals surface area contributed by atoms with E-state index in [0.717, 1.165) is 11.3 Å². The fourth-order valence-corrected chi connectivity index (χ4v) is 1.89. The van der Waals surface area contributed by atoms with Crippen molar-refractivity contribution in [2.45, 2.75) is 39.5 Å². The molecule has 2 rings (SSSR count). The van der Waals surface area contributed by atoms with E-state index in [1.54, 1.807) is 0 Å². The molecule has 0 radical (unpaired) electrons. The maximum Gasteiger partial charge on any atom is 0.139 e. The summed E-state index contributed by atoms with van der Waals surface area (Å²) < 4.78 is 15.7. The minimum absolute atomic E-state index is 0.164. The van der Waals surface area contributed by atoms with Gasteiger partial charge >= 0.3 is 0 Å². The van der Waals surface area contributed by atoms with Crippen molar-refractivity contribution < 1.29 is 4.39 Å². The lowest BCUT2D eigenvalue weighted by molar-refractivity contribution is 0.594. The fraction of sp³-hybridized carbons (Fsp3) is 0.462. The van der Waals surface area contributed by atoms with Crippen LogP contribution < -0.4 is 0 Å². The van der Waals surface area contributed by atoms with Crippen LogP contribution in [0.15, 0.2) is 18.5 Å². The van der Waals surface area contributed by atoms with Crippen molar-refractivity contribution in [2.24, 2.45) is 0 Å². The van der Waals surface area contributed by atoms with E-state index in [4.69, 9.17) is 0 Å². The first-order chi connectivity index (χ1) is 7.50. The first-order valence-electron chi connectivity index (χ1n) is 5.67. The van der Waals surface area contributed by atoms with Crippen molar-refractivity contribution in [3.8, 4) is 0 Å². The van der Waals surface area contributed by atoms with Crippen LogP contribution in [0.25, 0.3) is 5.65 Å². The highest BCUT2D eigenvalue weighted by Gasteiger charge is 2.12. The zero-order chi connectivity index (χ0) is 11.9. The van der Waals surface area contributed by atoms with Gasteiger partial charge in [0.05, 0.1) is 0 Å². The number of pyridine rings is 1. The molecule has 0 fully saturated rings. The van der Waals surface area contributed by atoms with Crippen LogP contribution >= 0.6 is 0 Å². The number of rotatable bonds is 2. The van der Waals surface area contributed by atoms with Gasteiger partial charge in [0.1, 0.15) is 11.5 Å². The molecule has 0 bridgehead atoms. The number of imidazole rings is 1. The summed E-state index contributed by atoms with van der Waals surface area (Å²) in [6.07, 6.45) is 3.70. The molecule has 2 aromatic rings. The summed E-state index contributed by atoms with van der Waals surface area (Å²) in [5, 5.41) is 0. The second-order valence-electron chi connectivity index (χ2n) is 4.80. The van der Waals surface area contributed by atoms with Crippen LogP contribution in [0.1, 0.15) is 50.8 Å². The lowest BCUT2D eigenvalue weighted by Gasteiger charge is -2.10. The second kappa shape index (κ2) is 3.89. The van der Waals surface area contributed by atoms with E-state index in [1.165, 1.54) is 6.07 Å². The van der Waals surface area contributed by atoms with Crippen LogP contribution in [0, 0.1) is 5.82 Å². The molecule has 0 unspecified atom stereocenters. The third-order valence-electron chi connectivity index (χ3n) is 2.87. The molecular weight excluding hydrogens is 203 g/mol. The smallest absolute Gasteiger partial charge is 0.139 e. The highest BCUT2D eigenvalue weighted by molar-refractivity contribution is 5.43. The van der Waals surface area contributed by atoms with Crippen LogP contribution in [0.5, 0.6) is 0 Å². The summed E-state index contributed by atoms with van der Waals surface area (Å²) in [5.74, 6) is 0.413. The molecule has 0 saturated carbocycles. The molecular formula is C13H17FN2. The predicted molar refractivity (Wildman–Crippen MR) is 63.3 cm³/mol. The van der Waals surface area contributed by atoms with Crippen molar-refractivity contribution in [3.63, 3.8) is 0 Å². The van der Waals surface area contributed by atoms with E-state index in [2.05, 4.69) is 18.8 Å². The van der Waals surface area contributed by atoms with E-state index in [-0.39, 0.29) is 11.7 Å². The van der Waals surface area contributed by atoms with E-state index < -0.39 is 0 Å². The molecule has 0 spiro atoms. The zero-order valence-electron chi connectivity index (χ0n) is 10.2. The normalized spacial score (nSPS) is 11.9. The summed E-state index contributed by atoms with van der Waals surface area (Å²) >= 11 is 0. The highest BCUT2D eigenvalue weighted by atomic mass is 19.1. The third kappa shape index (κ3) is 1.70. The van der Waals surface area contributed by atoms with E-state index in [1.807, 2.05) is 30.6 Å². The summed E-state index contributed by atoms with van der Waals surface area (Å²) in [6.45, 7) is 8.22. The Labute approximate surface area is 95.1 Å². The van der Waals surface area contributed by atoms with Gasteiger partial charge in [-0.15, -0.1) is 0 Å². The summed E-state index contributed by atoms with van der Waals surface area (Å²) in [6, 6.07) is 1.52. The van der Waals surface area contributed by atoms with E-state index >= 15 is 0 Å². The van der Waals surface area contributed by atoms with Crippen LogP contribution in [0.4, 0.5) is 4.39 Å². The SMILES string of the molecule is CC(C)c1cn2c(C(C)C)cnc2cc1F. The Morgan fingerprint density at radius 2 is 1.88 bits per heavy atom. The number of hydrogen-bond acceptors (Lipinski definition) is 1. The maximum absolute atomic E-state index is 13.7. The molecule has 0 N–H and O–H groups in total. The van der Waals surface area contributed by atoms with Gasteiger partial charge in [-0.1, -0.05) is 27.7 Å². The Kier molecular flexibility index (Phi) is 2.70. The lowest BCUT2D eigenvalue weighted by Crippen LogP contribution is -2.01. The van der Waals surface area contributed by atoms with Gasteiger partial charge in [0.25, 0.3) is 0 Å². The summed E-state index contributed by atoms with van der Waals surface area (Å²) in [4.78, 5) is 4.22. The minimum Gasteiger partial charge on any atom is -0.303 e. The van der Waals surface area contributed by atoms with Gasteiger partial charge in [-0.3, -0.25) is 0 Å². The molecule has 0 amide bonds. The quantitative estimate of drug-likeness (QED) is 0.754. The fourth-order valence-electron chi connectivity index (χ4n) is 1.89. The van der Waals surface area contributed by atoms with Gasteiger partial charge in [-0.05, 0) is 11.8 Å². The average molecular weight is 220 g/mol. The van der Waals surface area contributed by atoms with Crippen LogP contribution in [0.2, 0.25) is 0 Å². The average Bonchev–Trinajstić information content (AvgIpc) is 2.58. The number of nitrogens with zero attached hydrogens (tertiary/aromatic N) is 2. The minimum atomic E-state index is -0.164. The molecule has 0 aliphatic carbocycles. The second-order valence-corrected chi connectivity index (χ2v) is 4.80. The van der Waals surface area contributed by atoms with Gasteiger partial charge in [0.15, 0.2) is 0 Å². The highest BCUT2D eigenvalue weighted by Crippen LogP contribution is 2.23. The summed E-state index contributed by atoms with van der Waals surface area (Å²) in [7, 11) is 0. The Morgan fingerprint density at radius 1 is 1.19 bits per heavy atom. The molecule has 16 heavy (non-hydrogen) atoms. The first-order valence-corrected chi connectivity index (χ1v) is 5.67. The van der Waals surface area contributed by atoms with Crippen LogP contribution in [0.3, 0.4) is 0 Å². The Morgan fingerprint density at radius 3 is 2.44 bits per heavy atom. The first kappa shape index (κ1) is 11.1. The Hall–Kier alpha value is -1.38. The van der Waals surface area contributed by atoms with Gasteiger partial charge in [0.2, 0.25) is 0 Å². The van der Waals surface area contributed by atoms with Gasteiger partial charge < -0.3 is 4.40 Å². The van der Waals surface area contributed by atoms with Crippen LogP contribution in [-0.4, -0.2) is 9.38 Å². The Bertz CT molecular complexity index is 512. The van der Waals surface area contributed by atoms with E-state index in [9.17, 15) is 4.39 Å². The standard InChI is InChI=1S/C13H17FN2/c1-8(2)10-7-16-12(9(3)4)6-15-13(16)5-11(10)14/h5-9H,1-4H3. The monoisotopic (exact) mass is 220 g/mol. The topological polar surface area (TPSA) is 17.3 Å². The molecule has 86 valence electrons. The number of hydrogen-bond donors (Lipinski definition) is 0. The Balaban J connectivity index is 2.69. The molecule has 0 aromatic carbocycles. The third-order valence-corrected chi connectivity index (χ3v) is 2.87. The maximum atomic E-state index is 13.7. The van der Waals surface area contributed by atoms with Crippen molar-refractivity contribution in [1.29, 1.82) is 0 Å². The van der Waals surface area contributed by atoms with Gasteiger partial charge in [-0.25, -0.2) is 9.37 Å². The van der Waals surface area contributed by atoms with Gasteiger partial charge in [-0.2, -0.15) is 0 Å². The number of fused-ring (bicyclic) bond motifs is 1. The summed E-state index contributed by atoms with van der Waals surface area (Å²) in [5.41, 5.74) is 2.55. The van der Waals surface area contributed by atoms with Gasteiger partial charge in [0, 0.05) is 29.7 Å². The number of halogens is 1. The predicted octanol–water partition coefficient (Wildman–Crippen LogP) is 3.72. The molecule has 0 saturated heterocycles. The van der Waals surface area contributed by atoms with Crippen LogP contribution in [-0.2, 0) is 0 Å². The van der Waals surface area contributed by atoms with Crippen molar-refractivity contribution in [1.82, 2.24) is 9.38 Å². The number of aromatic nitrogens is 2. The molecule has 3 heteroatoms. The molecule has 2 aromatic heterocycles. The van der Waals surface area contributed by atoms with Crippen molar-refractivity contribution >= 4 is 5.65 Å². The van der Waals surface area contributed by atoms with E-state index in [0.29, 0.717) is 11.6 Å². The largest absolute Gasteiger partial charge is 0.303 e. The van der Waals surface area contributed by atoms with Crippen molar-refractivity contribution in [3.05, 3.63) is 35.5 Å². The molecule has 0 aliphatic rings. The van der Waals surface area contributed by atoms with Crippen molar-refractivity contribution in [2.75, 3.05) is 0 Å². The molecule has 0 aliphatic heterocycles. The lowest BCUT2D eigenvalue weighted by atomic mass is 10.1. The molecule has 2 nitrogen and oxygen atoms in total.